The summed E-state index contributed by atoms with van der Waals surface area (Å²) >= 11 is 0. The van der Waals surface area contributed by atoms with Crippen molar-refractivity contribution in [1.82, 2.24) is 4.90 Å². The number of nitrogens with two attached hydrogens (primary N) is 1. The second kappa shape index (κ2) is 4.75. The van der Waals surface area contributed by atoms with Gasteiger partial charge in [0.25, 0.3) is 5.91 Å². The summed E-state index contributed by atoms with van der Waals surface area (Å²) in [5.41, 5.74) is 5.32. The van der Waals surface area contributed by atoms with E-state index in [9.17, 15) is 9.59 Å². The molecule has 1 aromatic rings. The monoisotopic (exact) mass is 210 g/mol. The van der Waals surface area contributed by atoms with E-state index in [0.29, 0.717) is 12.1 Å². The van der Waals surface area contributed by atoms with Crippen molar-refractivity contribution in [1.29, 1.82) is 0 Å². The molecule has 0 saturated carbocycles. The van der Waals surface area contributed by atoms with E-state index in [1.54, 1.807) is 7.05 Å². The van der Waals surface area contributed by atoms with Gasteiger partial charge in [0.05, 0.1) is 5.56 Å². The summed E-state index contributed by atoms with van der Waals surface area (Å²) in [6.07, 6.45) is 1.16. The molecule has 15 heavy (non-hydrogen) atoms. The van der Waals surface area contributed by atoms with Crippen LogP contribution < -0.4 is 11.4 Å². The zero-order chi connectivity index (χ0) is 11.4. The lowest BCUT2D eigenvalue weighted by molar-refractivity contribution is 0.0745. The van der Waals surface area contributed by atoms with Gasteiger partial charge in [0.2, 0.25) is 0 Å². The highest BCUT2D eigenvalue weighted by Gasteiger charge is 2.16. The Morgan fingerprint density at radius 1 is 1.60 bits per heavy atom. The van der Waals surface area contributed by atoms with E-state index in [0.717, 1.165) is 6.26 Å². The van der Waals surface area contributed by atoms with Gasteiger partial charge in [-0.05, 0) is 13.0 Å². The molecule has 1 aromatic heterocycles. The van der Waals surface area contributed by atoms with Gasteiger partial charge in [0.1, 0.15) is 6.26 Å². The average Bonchev–Trinajstić information content (AvgIpc) is 2.27. The van der Waals surface area contributed by atoms with Crippen molar-refractivity contribution in [3.8, 4) is 0 Å². The van der Waals surface area contributed by atoms with Gasteiger partial charge in [0, 0.05) is 25.7 Å². The maximum atomic E-state index is 11.8. The largest absolute Gasteiger partial charge is 0.430 e. The number of carbonyl (C=O) groups excluding carboxylic acids is 1. The Bertz CT molecular complexity index is 379. The molecule has 0 fully saturated rings. The van der Waals surface area contributed by atoms with Gasteiger partial charge in [-0.25, -0.2) is 4.79 Å². The van der Waals surface area contributed by atoms with Crippen LogP contribution in [0.25, 0.3) is 0 Å². The number of nitrogens with zero attached hydrogens (tertiary/aromatic N) is 1. The first-order valence-corrected chi connectivity index (χ1v) is 4.62. The number of rotatable bonds is 3. The van der Waals surface area contributed by atoms with E-state index in [4.69, 9.17) is 5.73 Å². The highest BCUT2D eigenvalue weighted by Crippen LogP contribution is 2.03. The first-order chi connectivity index (χ1) is 7.06. The maximum Gasteiger partial charge on any atom is 0.335 e. The van der Waals surface area contributed by atoms with Crippen molar-refractivity contribution in [3.63, 3.8) is 0 Å². The summed E-state index contributed by atoms with van der Waals surface area (Å²) in [4.78, 5) is 24.0. The minimum atomic E-state index is -0.471. The lowest BCUT2D eigenvalue weighted by Crippen LogP contribution is -2.39. The molecule has 0 aliphatic rings. The molecule has 1 amide bonds. The van der Waals surface area contributed by atoms with Crippen LogP contribution in [0.3, 0.4) is 0 Å². The van der Waals surface area contributed by atoms with Gasteiger partial charge in [-0.2, -0.15) is 0 Å². The molecule has 1 unspecified atom stereocenters. The minimum Gasteiger partial charge on any atom is -0.430 e. The lowest BCUT2D eigenvalue weighted by atomic mass is 10.2. The first-order valence-electron chi connectivity index (χ1n) is 4.62. The van der Waals surface area contributed by atoms with Crippen molar-refractivity contribution in [2.24, 2.45) is 5.73 Å². The van der Waals surface area contributed by atoms with Crippen molar-refractivity contribution in [2.75, 3.05) is 13.6 Å². The molecular weight excluding hydrogens is 196 g/mol. The molecule has 0 bridgehead atoms. The molecule has 0 radical (unpaired) electrons. The molecule has 2 N–H and O–H groups in total. The number of hydrogen-bond donors (Lipinski definition) is 1. The summed E-state index contributed by atoms with van der Waals surface area (Å²) in [5.74, 6) is -0.211. The molecule has 1 atom stereocenters. The second-order valence-corrected chi connectivity index (χ2v) is 3.34. The van der Waals surface area contributed by atoms with Gasteiger partial charge in [0.15, 0.2) is 0 Å². The Hall–Kier alpha value is -1.62. The summed E-state index contributed by atoms with van der Waals surface area (Å²) in [7, 11) is 1.66. The molecule has 5 heteroatoms. The van der Waals surface area contributed by atoms with Crippen LogP contribution in [0.5, 0.6) is 0 Å². The fourth-order valence-electron chi connectivity index (χ4n) is 1.04. The van der Waals surface area contributed by atoms with Gasteiger partial charge >= 0.3 is 5.63 Å². The molecule has 0 saturated heterocycles. The maximum absolute atomic E-state index is 11.8. The molecular formula is C10H14N2O3. The topological polar surface area (TPSA) is 76.5 Å². The number of carbonyl (C=O) groups is 1. The third-order valence-corrected chi connectivity index (χ3v) is 2.27. The van der Waals surface area contributed by atoms with Crippen LogP contribution in [-0.2, 0) is 0 Å². The summed E-state index contributed by atoms with van der Waals surface area (Å²) in [5, 5.41) is 0. The van der Waals surface area contributed by atoms with Crippen molar-refractivity contribution in [2.45, 2.75) is 13.0 Å². The van der Waals surface area contributed by atoms with E-state index in [1.807, 2.05) is 6.92 Å². The van der Waals surface area contributed by atoms with Crippen molar-refractivity contribution < 1.29 is 9.21 Å². The Morgan fingerprint density at radius 3 is 2.73 bits per heavy atom. The zero-order valence-electron chi connectivity index (χ0n) is 8.77. The highest BCUT2D eigenvalue weighted by atomic mass is 16.4. The van der Waals surface area contributed by atoms with Crippen LogP contribution >= 0.6 is 0 Å². The SMILES string of the molecule is CC(CN)N(C)C(=O)c1ccc(=O)oc1. The van der Waals surface area contributed by atoms with Crippen LogP contribution in [-0.4, -0.2) is 30.4 Å². The summed E-state index contributed by atoms with van der Waals surface area (Å²) < 4.78 is 4.61. The summed E-state index contributed by atoms with van der Waals surface area (Å²) in [6, 6.07) is 2.60. The third kappa shape index (κ3) is 2.66. The molecule has 0 aliphatic heterocycles. The van der Waals surface area contributed by atoms with E-state index in [-0.39, 0.29) is 11.9 Å². The van der Waals surface area contributed by atoms with Crippen molar-refractivity contribution in [3.05, 3.63) is 34.4 Å². The van der Waals surface area contributed by atoms with Crippen LogP contribution in [0.2, 0.25) is 0 Å². The standard InChI is InChI=1S/C10H14N2O3/c1-7(5-11)12(2)10(14)8-3-4-9(13)15-6-8/h3-4,6-7H,5,11H2,1-2H3. The van der Waals surface area contributed by atoms with E-state index in [1.165, 1.54) is 17.0 Å². The Balaban J connectivity index is 2.85. The average molecular weight is 210 g/mol. The molecule has 0 spiro atoms. The number of amides is 1. The van der Waals surface area contributed by atoms with E-state index in [2.05, 4.69) is 4.42 Å². The first kappa shape index (κ1) is 11.5. The molecule has 1 rings (SSSR count). The fourth-order valence-corrected chi connectivity index (χ4v) is 1.04. The number of likely N-dealkylation sites (N-methyl/N-ethyl adjacent to an activating group) is 1. The van der Waals surface area contributed by atoms with Gasteiger partial charge < -0.3 is 15.1 Å². The van der Waals surface area contributed by atoms with Crippen molar-refractivity contribution >= 4 is 5.91 Å². The normalized spacial score (nSPS) is 12.2. The Morgan fingerprint density at radius 2 is 2.27 bits per heavy atom. The minimum absolute atomic E-state index is 0.0515. The molecule has 82 valence electrons. The third-order valence-electron chi connectivity index (χ3n) is 2.27. The van der Waals surface area contributed by atoms with Crippen LogP contribution in [0.1, 0.15) is 17.3 Å². The smallest absolute Gasteiger partial charge is 0.335 e. The fraction of sp³-hybridized carbons (Fsp3) is 0.400. The molecule has 0 aromatic carbocycles. The predicted molar refractivity (Wildman–Crippen MR) is 55.6 cm³/mol. The lowest BCUT2D eigenvalue weighted by Gasteiger charge is -2.23. The van der Waals surface area contributed by atoms with Crippen LogP contribution in [0.4, 0.5) is 0 Å². The van der Waals surface area contributed by atoms with Crippen LogP contribution in [0, 0.1) is 0 Å². The highest BCUT2D eigenvalue weighted by molar-refractivity contribution is 5.93. The number of hydrogen-bond acceptors (Lipinski definition) is 4. The van der Waals surface area contributed by atoms with Crippen LogP contribution in [0.15, 0.2) is 27.6 Å². The van der Waals surface area contributed by atoms with Gasteiger partial charge in [-0.3, -0.25) is 4.79 Å². The zero-order valence-corrected chi connectivity index (χ0v) is 8.77. The van der Waals surface area contributed by atoms with Gasteiger partial charge in [-0.15, -0.1) is 0 Å². The Labute approximate surface area is 87.5 Å². The van der Waals surface area contributed by atoms with E-state index < -0.39 is 5.63 Å². The van der Waals surface area contributed by atoms with Gasteiger partial charge in [-0.1, -0.05) is 0 Å². The quantitative estimate of drug-likeness (QED) is 0.765. The molecule has 5 nitrogen and oxygen atoms in total. The van der Waals surface area contributed by atoms with E-state index >= 15 is 0 Å². The predicted octanol–water partition coefficient (Wildman–Crippen LogP) is 0.0590. The molecule has 1 heterocycles. The summed E-state index contributed by atoms with van der Waals surface area (Å²) in [6.45, 7) is 2.23. The second-order valence-electron chi connectivity index (χ2n) is 3.34. The molecule has 0 aliphatic carbocycles. The Kier molecular flexibility index (Phi) is 3.62.